The Morgan fingerprint density at radius 1 is 1.06 bits per heavy atom. The molecular formula is C24H17Br2ClN2O4. The van der Waals surface area contributed by atoms with Gasteiger partial charge in [0.15, 0.2) is 11.5 Å². The van der Waals surface area contributed by atoms with Crippen LogP contribution in [-0.2, 0) is 16.2 Å². The van der Waals surface area contributed by atoms with E-state index in [2.05, 4.69) is 37.3 Å². The molecule has 3 aromatic carbocycles. The molecule has 1 aliphatic heterocycles. The zero-order valence-electron chi connectivity index (χ0n) is 17.3. The van der Waals surface area contributed by atoms with E-state index in [0.717, 1.165) is 14.5 Å². The summed E-state index contributed by atoms with van der Waals surface area (Å²) in [6.45, 7) is 0.221. The molecule has 3 aromatic rings. The Balaban J connectivity index is 1.70. The lowest BCUT2D eigenvalue weighted by molar-refractivity contribution is -0.117. The standard InChI is InChI=1S/C24H17Br2ClN2O4/c1-32-21-12-17(27)9-15(22(21)33-13-14-7-8-16(25)11-20(14)26)10-19-23(30)28-29(24(19)31)18-5-3-2-4-6-18/h2-12H,13H2,1H3,(H,28,30)/b19-10+. The van der Waals surface area contributed by atoms with Crippen molar-refractivity contribution in [3.05, 3.63) is 91.3 Å². The first-order valence-corrected chi connectivity index (χ1v) is 11.7. The van der Waals surface area contributed by atoms with Gasteiger partial charge in [0.1, 0.15) is 12.2 Å². The maximum Gasteiger partial charge on any atom is 0.282 e. The lowest BCUT2D eigenvalue weighted by atomic mass is 10.1. The molecule has 0 radical (unpaired) electrons. The number of ether oxygens (including phenoxy) is 2. The van der Waals surface area contributed by atoms with Crippen molar-refractivity contribution in [3.8, 4) is 11.5 Å². The number of halogens is 3. The maximum absolute atomic E-state index is 13.0. The molecule has 0 atom stereocenters. The van der Waals surface area contributed by atoms with Crippen molar-refractivity contribution < 1.29 is 19.1 Å². The molecule has 0 unspecified atom stereocenters. The number of hydrogen-bond donors (Lipinski definition) is 1. The first kappa shape index (κ1) is 23.4. The molecule has 0 spiro atoms. The molecule has 2 amide bonds. The molecule has 1 fully saturated rings. The fourth-order valence-corrected chi connectivity index (χ4v) is 4.64. The van der Waals surface area contributed by atoms with Gasteiger partial charge in [0.05, 0.1) is 12.8 Å². The second-order valence-electron chi connectivity index (χ2n) is 7.03. The van der Waals surface area contributed by atoms with Gasteiger partial charge in [-0.15, -0.1) is 0 Å². The lowest BCUT2D eigenvalue weighted by Crippen LogP contribution is -2.35. The second-order valence-corrected chi connectivity index (χ2v) is 9.23. The number of nitrogens with one attached hydrogen (secondary N) is 1. The summed E-state index contributed by atoms with van der Waals surface area (Å²) in [6.07, 6.45) is 1.46. The van der Waals surface area contributed by atoms with Crippen LogP contribution < -0.4 is 19.9 Å². The van der Waals surface area contributed by atoms with Gasteiger partial charge in [0.25, 0.3) is 11.8 Å². The Morgan fingerprint density at radius 3 is 2.52 bits per heavy atom. The average molecular weight is 593 g/mol. The molecule has 0 aliphatic carbocycles. The zero-order chi connectivity index (χ0) is 23.5. The van der Waals surface area contributed by atoms with E-state index in [1.807, 2.05) is 24.3 Å². The number of carbonyl (C=O) groups excluding carboxylic acids is 2. The topological polar surface area (TPSA) is 67.9 Å². The number of benzene rings is 3. The number of hydrogen-bond acceptors (Lipinski definition) is 4. The molecule has 1 N–H and O–H groups in total. The van der Waals surface area contributed by atoms with Gasteiger partial charge in [-0.1, -0.05) is 67.7 Å². The maximum atomic E-state index is 13.0. The minimum Gasteiger partial charge on any atom is -0.493 e. The molecule has 1 saturated heterocycles. The van der Waals surface area contributed by atoms with Gasteiger partial charge in [0, 0.05) is 31.2 Å². The van der Waals surface area contributed by atoms with Gasteiger partial charge in [-0.3, -0.25) is 15.0 Å². The molecule has 168 valence electrons. The molecule has 1 aliphatic rings. The zero-order valence-corrected chi connectivity index (χ0v) is 21.2. The SMILES string of the molecule is COc1cc(Cl)cc(/C=C2\C(=O)NN(c3ccccc3)C2=O)c1OCc1ccc(Br)cc1Br. The Hall–Kier alpha value is -2.81. The number of nitrogens with zero attached hydrogens (tertiary/aromatic N) is 1. The van der Waals surface area contributed by atoms with E-state index in [4.69, 9.17) is 21.1 Å². The summed E-state index contributed by atoms with van der Waals surface area (Å²) in [5.41, 5.74) is 4.44. The van der Waals surface area contributed by atoms with E-state index in [9.17, 15) is 9.59 Å². The van der Waals surface area contributed by atoms with Crippen LogP contribution in [0.4, 0.5) is 5.69 Å². The Morgan fingerprint density at radius 2 is 1.82 bits per heavy atom. The molecular weight excluding hydrogens is 576 g/mol. The largest absolute Gasteiger partial charge is 0.493 e. The van der Waals surface area contributed by atoms with Crippen molar-refractivity contribution in [1.82, 2.24) is 5.43 Å². The van der Waals surface area contributed by atoms with E-state index in [-0.39, 0.29) is 12.2 Å². The van der Waals surface area contributed by atoms with Crippen molar-refractivity contribution in [3.63, 3.8) is 0 Å². The number of amides is 2. The van der Waals surface area contributed by atoms with Crippen LogP contribution in [0.15, 0.2) is 75.2 Å². The summed E-state index contributed by atoms with van der Waals surface area (Å²) in [7, 11) is 1.50. The number of carbonyl (C=O) groups is 2. The summed E-state index contributed by atoms with van der Waals surface area (Å²) in [5.74, 6) is -0.257. The Bertz CT molecular complexity index is 1260. The van der Waals surface area contributed by atoms with E-state index in [0.29, 0.717) is 27.8 Å². The highest BCUT2D eigenvalue weighted by Crippen LogP contribution is 2.38. The number of methoxy groups -OCH3 is 1. The van der Waals surface area contributed by atoms with Crippen LogP contribution in [0.3, 0.4) is 0 Å². The van der Waals surface area contributed by atoms with Crippen LogP contribution in [0.1, 0.15) is 11.1 Å². The summed E-state index contributed by atoms with van der Waals surface area (Å²) in [6, 6.07) is 17.8. The third-order valence-electron chi connectivity index (χ3n) is 4.86. The average Bonchev–Trinajstić information content (AvgIpc) is 3.08. The minimum absolute atomic E-state index is 0.0437. The highest BCUT2D eigenvalue weighted by Gasteiger charge is 2.34. The Kier molecular flexibility index (Phi) is 7.07. The van der Waals surface area contributed by atoms with Gasteiger partial charge in [-0.25, -0.2) is 5.01 Å². The van der Waals surface area contributed by atoms with Gasteiger partial charge < -0.3 is 9.47 Å². The molecule has 9 heteroatoms. The van der Waals surface area contributed by atoms with Crippen molar-refractivity contribution in [2.24, 2.45) is 0 Å². The molecule has 0 bridgehead atoms. The third kappa shape index (κ3) is 5.08. The van der Waals surface area contributed by atoms with Gasteiger partial charge >= 0.3 is 0 Å². The summed E-state index contributed by atoms with van der Waals surface area (Å²) in [4.78, 5) is 25.6. The van der Waals surface area contributed by atoms with Crippen LogP contribution in [-0.4, -0.2) is 18.9 Å². The van der Waals surface area contributed by atoms with Crippen LogP contribution in [0.2, 0.25) is 5.02 Å². The third-order valence-corrected chi connectivity index (χ3v) is 6.31. The van der Waals surface area contributed by atoms with E-state index < -0.39 is 11.8 Å². The molecule has 0 saturated carbocycles. The van der Waals surface area contributed by atoms with Crippen LogP contribution >= 0.6 is 43.5 Å². The first-order chi connectivity index (χ1) is 15.9. The summed E-state index contributed by atoms with van der Waals surface area (Å²) < 4.78 is 13.3. The Labute approximate surface area is 212 Å². The van der Waals surface area contributed by atoms with Crippen molar-refractivity contribution >= 4 is 67.0 Å². The molecule has 4 rings (SSSR count). The molecule has 6 nitrogen and oxygen atoms in total. The first-order valence-electron chi connectivity index (χ1n) is 9.74. The van der Waals surface area contributed by atoms with E-state index in [1.54, 1.807) is 36.4 Å². The van der Waals surface area contributed by atoms with E-state index in [1.165, 1.54) is 18.2 Å². The highest BCUT2D eigenvalue weighted by molar-refractivity contribution is 9.11. The van der Waals surface area contributed by atoms with Crippen LogP contribution in [0.25, 0.3) is 6.08 Å². The van der Waals surface area contributed by atoms with Crippen LogP contribution in [0, 0.1) is 0 Å². The van der Waals surface area contributed by atoms with Crippen LogP contribution in [0.5, 0.6) is 11.5 Å². The molecule has 1 heterocycles. The van der Waals surface area contributed by atoms with Crippen molar-refractivity contribution in [1.29, 1.82) is 0 Å². The van der Waals surface area contributed by atoms with Gasteiger partial charge in [-0.05, 0) is 36.4 Å². The second kappa shape index (κ2) is 9.99. The molecule has 33 heavy (non-hydrogen) atoms. The number of rotatable bonds is 6. The minimum atomic E-state index is -0.524. The monoisotopic (exact) mass is 590 g/mol. The van der Waals surface area contributed by atoms with Crippen molar-refractivity contribution in [2.75, 3.05) is 12.1 Å². The quantitative estimate of drug-likeness (QED) is 0.285. The van der Waals surface area contributed by atoms with Crippen molar-refractivity contribution in [2.45, 2.75) is 6.61 Å². The highest BCUT2D eigenvalue weighted by atomic mass is 79.9. The normalized spacial score (nSPS) is 14.5. The number of hydrazine groups is 1. The molecule has 0 aromatic heterocycles. The predicted molar refractivity (Wildman–Crippen MR) is 134 cm³/mol. The fourth-order valence-electron chi connectivity index (χ4n) is 3.26. The smallest absolute Gasteiger partial charge is 0.282 e. The van der Waals surface area contributed by atoms with Gasteiger partial charge in [0.2, 0.25) is 0 Å². The predicted octanol–water partition coefficient (Wildman–Crippen LogP) is 5.91. The summed E-state index contributed by atoms with van der Waals surface area (Å²) >= 11 is 13.2. The fraction of sp³-hybridized carbons (Fsp3) is 0.0833. The number of para-hydroxylation sites is 1. The van der Waals surface area contributed by atoms with Gasteiger partial charge in [-0.2, -0.15) is 0 Å². The lowest BCUT2D eigenvalue weighted by Gasteiger charge is -2.15. The van der Waals surface area contributed by atoms with E-state index >= 15 is 0 Å². The summed E-state index contributed by atoms with van der Waals surface area (Å²) in [5, 5.41) is 1.58. The number of anilines is 1.